The lowest BCUT2D eigenvalue weighted by atomic mass is 10.1. The number of benzene rings is 1. The molecule has 0 amide bonds. The summed E-state index contributed by atoms with van der Waals surface area (Å²) >= 11 is 0. The molecule has 0 N–H and O–H groups in total. The van der Waals surface area contributed by atoms with E-state index in [0.717, 1.165) is 0 Å². The summed E-state index contributed by atoms with van der Waals surface area (Å²) in [6.07, 6.45) is 4.18. The molecule has 1 aliphatic heterocycles. The summed E-state index contributed by atoms with van der Waals surface area (Å²) in [6.45, 7) is 0.0454. The summed E-state index contributed by atoms with van der Waals surface area (Å²) in [5, 5.41) is 18.6. The first-order valence-electron chi connectivity index (χ1n) is 5.92. The van der Waals surface area contributed by atoms with Crippen LogP contribution in [0.4, 0.5) is 5.69 Å². The van der Waals surface area contributed by atoms with Crippen LogP contribution in [0.15, 0.2) is 45.1 Å². The highest BCUT2D eigenvalue weighted by Gasteiger charge is 2.22. The summed E-state index contributed by atoms with van der Waals surface area (Å²) in [4.78, 5) is 10.5. The molecular weight excluding hydrogens is 278 g/mol. The molecule has 0 unspecified atom stereocenters. The van der Waals surface area contributed by atoms with Gasteiger partial charge >= 0.3 is 0 Å². The van der Waals surface area contributed by atoms with Gasteiger partial charge in [-0.2, -0.15) is 10.2 Å². The minimum atomic E-state index is -0.514. The molecule has 0 spiro atoms. The Kier molecular flexibility index (Phi) is 3.34. The van der Waals surface area contributed by atoms with Crippen molar-refractivity contribution < 1.29 is 18.8 Å². The molecule has 2 aromatic rings. The number of nitro groups is 1. The molecule has 0 aliphatic carbocycles. The van der Waals surface area contributed by atoms with Crippen LogP contribution in [0.5, 0.6) is 11.5 Å². The number of ether oxygens (including phenoxy) is 2. The molecule has 1 aromatic carbocycles. The van der Waals surface area contributed by atoms with Crippen LogP contribution >= 0.6 is 0 Å². The Hall–Kier alpha value is -3.16. The lowest BCUT2D eigenvalue weighted by Crippen LogP contribution is -1.94. The molecule has 106 valence electrons. The van der Waals surface area contributed by atoms with Crippen molar-refractivity contribution in [1.82, 2.24) is 0 Å². The Labute approximate surface area is 118 Å². The third-order valence-corrected chi connectivity index (χ3v) is 2.71. The summed E-state index contributed by atoms with van der Waals surface area (Å²) in [7, 11) is 0. The van der Waals surface area contributed by atoms with E-state index in [9.17, 15) is 10.1 Å². The molecule has 0 saturated heterocycles. The second-order valence-electron chi connectivity index (χ2n) is 4.03. The van der Waals surface area contributed by atoms with Gasteiger partial charge in [-0.3, -0.25) is 10.1 Å². The van der Waals surface area contributed by atoms with Crippen LogP contribution in [0.25, 0.3) is 0 Å². The molecule has 8 nitrogen and oxygen atoms in total. The Bertz CT molecular complexity index is 722. The average Bonchev–Trinajstić information content (AvgIpc) is 3.13. The third-order valence-electron chi connectivity index (χ3n) is 2.71. The van der Waals surface area contributed by atoms with Gasteiger partial charge in [0.2, 0.25) is 6.79 Å². The van der Waals surface area contributed by atoms with Crippen LogP contribution in [-0.2, 0) is 0 Å². The van der Waals surface area contributed by atoms with E-state index in [4.69, 9.17) is 13.9 Å². The minimum Gasteiger partial charge on any atom is -0.463 e. The lowest BCUT2D eigenvalue weighted by Gasteiger charge is -1.99. The Balaban J connectivity index is 1.85. The van der Waals surface area contributed by atoms with Crippen molar-refractivity contribution in [3.63, 3.8) is 0 Å². The Morgan fingerprint density at radius 3 is 2.67 bits per heavy atom. The van der Waals surface area contributed by atoms with Gasteiger partial charge in [0, 0.05) is 0 Å². The van der Waals surface area contributed by atoms with Crippen molar-refractivity contribution in [2.24, 2.45) is 10.2 Å². The summed E-state index contributed by atoms with van der Waals surface area (Å²) in [5.74, 6) is 1.32. The predicted molar refractivity (Wildman–Crippen MR) is 73.1 cm³/mol. The summed E-state index contributed by atoms with van der Waals surface area (Å²) < 4.78 is 15.3. The van der Waals surface area contributed by atoms with Gasteiger partial charge in [-0.05, 0) is 18.2 Å². The van der Waals surface area contributed by atoms with E-state index < -0.39 is 4.92 Å². The normalized spacial score (nSPS) is 13.3. The molecular formula is C13H9N3O5. The fraction of sp³-hybridized carbons (Fsp3) is 0.0769. The van der Waals surface area contributed by atoms with Crippen LogP contribution in [-0.4, -0.2) is 24.1 Å². The number of hydrogen-bond acceptors (Lipinski definition) is 7. The van der Waals surface area contributed by atoms with E-state index in [1.807, 2.05) is 0 Å². The van der Waals surface area contributed by atoms with E-state index in [1.54, 1.807) is 12.1 Å². The van der Waals surface area contributed by atoms with Gasteiger partial charge in [0.05, 0.1) is 35.2 Å². The molecule has 8 heteroatoms. The molecule has 2 heterocycles. The highest BCUT2D eigenvalue weighted by atomic mass is 16.7. The van der Waals surface area contributed by atoms with E-state index in [1.165, 1.54) is 30.8 Å². The monoisotopic (exact) mass is 287 g/mol. The standard InChI is InChI=1S/C13H9N3O5/c17-16(18)11-5-13-12(20-8-21-13)4-9(11)6-14-15-7-10-2-1-3-19-10/h1-7H,8H2. The number of nitro benzene ring substituents is 1. The second-order valence-corrected chi connectivity index (χ2v) is 4.03. The average molecular weight is 287 g/mol. The quantitative estimate of drug-likeness (QED) is 0.488. The molecule has 3 rings (SSSR count). The van der Waals surface area contributed by atoms with Gasteiger partial charge in [-0.1, -0.05) is 0 Å². The second kappa shape index (κ2) is 5.45. The van der Waals surface area contributed by atoms with Crippen LogP contribution in [0, 0.1) is 10.1 Å². The van der Waals surface area contributed by atoms with Crippen molar-refractivity contribution in [2.75, 3.05) is 6.79 Å². The number of nitrogens with zero attached hydrogens (tertiary/aromatic N) is 3. The van der Waals surface area contributed by atoms with E-state index in [2.05, 4.69) is 10.2 Å². The summed E-state index contributed by atoms with van der Waals surface area (Å²) in [5.41, 5.74) is 0.150. The highest BCUT2D eigenvalue weighted by molar-refractivity contribution is 5.87. The molecule has 21 heavy (non-hydrogen) atoms. The maximum absolute atomic E-state index is 11.0. The van der Waals surface area contributed by atoms with Crippen molar-refractivity contribution in [3.8, 4) is 11.5 Å². The largest absolute Gasteiger partial charge is 0.463 e. The molecule has 0 atom stereocenters. The number of fused-ring (bicyclic) bond motifs is 1. The Morgan fingerprint density at radius 1 is 1.19 bits per heavy atom. The van der Waals surface area contributed by atoms with Crippen molar-refractivity contribution >= 4 is 18.1 Å². The zero-order valence-electron chi connectivity index (χ0n) is 10.6. The maximum Gasteiger partial charge on any atom is 0.282 e. The van der Waals surface area contributed by atoms with Gasteiger partial charge in [-0.25, -0.2) is 0 Å². The topological polar surface area (TPSA) is 99.5 Å². The van der Waals surface area contributed by atoms with Crippen molar-refractivity contribution in [2.45, 2.75) is 0 Å². The van der Waals surface area contributed by atoms with E-state index in [0.29, 0.717) is 17.3 Å². The zero-order valence-corrected chi connectivity index (χ0v) is 10.6. The first-order chi connectivity index (χ1) is 10.2. The molecule has 1 aromatic heterocycles. The smallest absolute Gasteiger partial charge is 0.282 e. The number of furan rings is 1. The summed E-state index contributed by atoms with van der Waals surface area (Å²) in [6, 6.07) is 6.22. The first-order valence-corrected chi connectivity index (χ1v) is 5.92. The molecule has 0 saturated carbocycles. The fourth-order valence-corrected chi connectivity index (χ4v) is 1.76. The Morgan fingerprint density at radius 2 is 1.95 bits per heavy atom. The molecule has 1 aliphatic rings. The maximum atomic E-state index is 11.0. The van der Waals surface area contributed by atoms with Crippen LogP contribution in [0.2, 0.25) is 0 Å². The van der Waals surface area contributed by atoms with Crippen LogP contribution < -0.4 is 9.47 Å². The van der Waals surface area contributed by atoms with Gasteiger partial charge < -0.3 is 13.9 Å². The number of hydrogen-bond donors (Lipinski definition) is 0. The number of rotatable bonds is 4. The molecule has 0 bridgehead atoms. The van der Waals surface area contributed by atoms with Crippen LogP contribution in [0.1, 0.15) is 11.3 Å². The van der Waals surface area contributed by atoms with E-state index >= 15 is 0 Å². The van der Waals surface area contributed by atoms with Gasteiger partial charge in [0.25, 0.3) is 5.69 Å². The van der Waals surface area contributed by atoms with Gasteiger partial charge in [0.15, 0.2) is 11.5 Å². The third kappa shape index (κ3) is 2.73. The zero-order chi connectivity index (χ0) is 14.7. The highest BCUT2D eigenvalue weighted by Crippen LogP contribution is 2.37. The van der Waals surface area contributed by atoms with Crippen LogP contribution in [0.3, 0.4) is 0 Å². The van der Waals surface area contributed by atoms with Crippen molar-refractivity contribution in [3.05, 3.63) is 52.0 Å². The SMILES string of the molecule is O=[N+]([O-])c1cc2c(cc1C=NN=Cc1ccco1)OCO2. The van der Waals surface area contributed by atoms with E-state index in [-0.39, 0.29) is 18.0 Å². The lowest BCUT2D eigenvalue weighted by molar-refractivity contribution is -0.385. The minimum absolute atomic E-state index is 0.0454. The van der Waals surface area contributed by atoms with Crippen molar-refractivity contribution in [1.29, 1.82) is 0 Å². The van der Waals surface area contributed by atoms with Gasteiger partial charge in [-0.15, -0.1) is 0 Å². The molecule has 0 radical (unpaired) electrons. The van der Waals surface area contributed by atoms with Gasteiger partial charge in [0.1, 0.15) is 5.76 Å². The predicted octanol–water partition coefficient (Wildman–Crippen LogP) is 2.37. The molecule has 0 fully saturated rings. The fourth-order valence-electron chi connectivity index (χ4n) is 1.76. The first kappa shape index (κ1) is 12.9.